The molecule has 1 saturated carbocycles. The Bertz CT molecular complexity index is 679. The number of aliphatic hydroxyl groups is 1. The van der Waals surface area contributed by atoms with E-state index in [4.69, 9.17) is 0 Å². The maximum absolute atomic E-state index is 13.3. The van der Waals surface area contributed by atoms with Gasteiger partial charge in [0.15, 0.2) is 11.6 Å². The van der Waals surface area contributed by atoms with Crippen molar-refractivity contribution >= 4 is 10.0 Å². The summed E-state index contributed by atoms with van der Waals surface area (Å²) in [7, 11) is -3.87. The first kappa shape index (κ1) is 15.8. The fourth-order valence-corrected chi connectivity index (χ4v) is 5.29. The van der Waals surface area contributed by atoms with Gasteiger partial charge in [0.05, 0.1) is 11.0 Å². The van der Waals surface area contributed by atoms with E-state index < -0.39 is 27.8 Å². The van der Waals surface area contributed by atoms with Crippen LogP contribution in [0.15, 0.2) is 23.1 Å². The van der Waals surface area contributed by atoms with Gasteiger partial charge >= 0.3 is 0 Å². The Morgan fingerprint density at radius 2 is 1.91 bits per heavy atom. The molecule has 3 rings (SSSR count). The molecule has 0 aromatic heterocycles. The Kier molecular flexibility index (Phi) is 3.99. The molecule has 0 amide bonds. The third-order valence-electron chi connectivity index (χ3n) is 4.96. The van der Waals surface area contributed by atoms with E-state index in [1.165, 1.54) is 4.31 Å². The van der Waals surface area contributed by atoms with Crippen LogP contribution in [0.3, 0.4) is 0 Å². The Hall–Kier alpha value is -1.05. The molecule has 22 heavy (non-hydrogen) atoms. The Morgan fingerprint density at radius 3 is 2.55 bits per heavy atom. The number of hydrogen-bond donors (Lipinski definition) is 1. The summed E-state index contributed by atoms with van der Waals surface area (Å²) >= 11 is 0. The van der Waals surface area contributed by atoms with Crippen LogP contribution in [0.25, 0.3) is 0 Å². The Morgan fingerprint density at radius 1 is 1.18 bits per heavy atom. The molecule has 1 aromatic carbocycles. The fraction of sp³-hybridized carbons (Fsp3) is 0.600. The minimum Gasteiger partial charge on any atom is -0.392 e. The molecule has 1 heterocycles. The van der Waals surface area contributed by atoms with Crippen LogP contribution in [-0.2, 0) is 10.0 Å². The average Bonchev–Trinajstić information content (AvgIpc) is 2.82. The van der Waals surface area contributed by atoms with Gasteiger partial charge in [-0.05, 0) is 43.9 Å². The summed E-state index contributed by atoms with van der Waals surface area (Å²) in [6, 6.07) is 2.63. The molecule has 2 atom stereocenters. The van der Waals surface area contributed by atoms with Crippen LogP contribution in [0.5, 0.6) is 0 Å². The number of benzene rings is 1. The summed E-state index contributed by atoms with van der Waals surface area (Å²) in [6.07, 6.45) is 3.37. The molecule has 1 saturated heterocycles. The highest BCUT2D eigenvalue weighted by atomic mass is 32.2. The van der Waals surface area contributed by atoms with Crippen LogP contribution in [0.2, 0.25) is 0 Å². The molecule has 7 heteroatoms. The van der Waals surface area contributed by atoms with E-state index in [0.29, 0.717) is 19.4 Å². The van der Waals surface area contributed by atoms with E-state index in [1.807, 2.05) is 0 Å². The monoisotopic (exact) mass is 331 g/mol. The minimum absolute atomic E-state index is 0.240. The molecule has 0 bridgehead atoms. The molecule has 0 unspecified atom stereocenters. The SMILES string of the molecule is O=S(=O)(c1ccc(F)c(F)c1)N1CCC[C@@]2(CCC[C@H]2O)C1. The Labute approximate surface area is 128 Å². The zero-order valence-corrected chi connectivity index (χ0v) is 13.0. The first-order valence-corrected chi connectivity index (χ1v) is 8.92. The van der Waals surface area contributed by atoms with Crippen LogP contribution in [-0.4, -0.2) is 37.0 Å². The van der Waals surface area contributed by atoms with E-state index in [-0.39, 0.29) is 16.9 Å². The lowest BCUT2D eigenvalue weighted by molar-refractivity contribution is 0.0127. The van der Waals surface area contributed by atoms with Crippen molar-refractivity contribution in [1.29, 1.82) is 0 Å². The zero-order valence-electron chi connectivity index (χ0n) is 12.1. The molecule has 1 N–H and O–H groups in total. The predicted octanol–water partition coefficient (Wildman–Crippen LogP) is 2.28. The molecule has 1 aromatic rings. The first-order valence-electron chi connectivity index (χ1n) is 7.48. The highest BCUT2D eigenvalue weighted by molar-refractivity contribution is 7.89. The quantitative estimate of drug-likeness (QED) is 0.904. The number of piperidine rings is 1. The van der Waals surface area contributed by atoms with Crippen LogP contribution in [0.1, 0.15) is 32.1 Å². The molecule has 4 nitrogen and oxygen atoms in total. The molecule has 0 radical (unpaired) electrons. The molecule has 2 fully saturated rings. The highest BCUT2D eigenvalue weighted by Crippen LogP contribution is 2.46. The molecular formula is C15H19F2NO3S. The molecule has 1 aliphatic heterocycles. The van der Waals surface area contributed by atoms with Crippen molar-refractivity contribution in [2.75, 3.05) is 13.1 Å². The number of halogens is 2. The maximum Gasteiger partial charge on any atom is 0.243 e. The van der Waals surface area contributed by atoms with Gasteiger partial charge < -0.3 is 5.11 Å². The maximum atomic E-state index is 13.3. The van der Waals surface area contributed by atoms with Gasteiger partial charge in [-0.25, -0.2) is 17.2 Å². The summed E-state index contributed by atoms with van der Waals surface area (Å²) in [5, 5.41) is 10.2. The summed E-state index contributed by atoms with van der Waals surface area (Å²) in [5.41, 5.74) is -0.385. The van der Waals surface area contributed by atoms with Gasteiger partial charge in [-0.1, -0.05) is 6.42 Å². The van der Waals surface area contributed by atoms with E-state index in [9.17, 15) is 22.3 Å². The van der Waals surface area contributed by atoms with Gasteiger partial charge in [0, 0.05) is 18.5 Å². The molecular weight excluding hydrogens is 312 g/mol. The average molecular weight is 331 g/mol. The molecule has 122 valence electrons. The van der Waals surface area contributed by atoms with Crippen LogP contribution >= 0.6 is 0 Å². The summed E-state index contributed by atoms with van der Waals surface area (Å²) in [5.74, 6) is -2.24. The summed E-state index contributed by atoms with van der Waals surface area (Å²) in [4.78, 5) is -0.240. The van der Waals surface area contributed by atoms with Gasteiger partial charge in [0.25, 0.3) is 0 Å². The Balaban J connectivity index is 1.90. The van der Waals surface area contributed by atoms with E-state index in [0.717, 1.165) is 37.5 Å². The van der Waals surface area contributed by atoms with E-state index in [2.05, 4.69) is 0 Å². The van der Waals surface area contributed by atoms with Crippen molar-refractivity contribution in [3.8, 4) is 0 Å². The molecule has 2 aliphatic rings. The number of hydrogen-bond acceptors (Lipinski definition) is 3. The fourth-order valence-electron chi connectivity index (χ4n) is 3.70. The predicted molar refractivity (Wildman–Crippen MR) is 76.6 cm³/mol. The lowest BCUT2D eigenvalue weighted by Crippen LogP contribution is -2.49. The first-order chi connectivity index (χ1) is 10.3. The van der Waals surface area contributed by atoms with Crippen LogP contribution in [0.4, 0.5) is 8.78 Å². The molecule has 1 spiro atoms. The van der Waals surface area contributed by atoms with Crippen molar-refractivity contribution in [1.82, 2.24) is 4.31 Å². The van der Waals surface area contributed by atoms with Gasteiger partial charge in [-0.15, -0.1) is 0 Å². The summed E-state index contributed by atoms with van der Waals surface area (Å²) in [6.45, 7) is 0.589. The topological polar surface area (TPSA) is 57.6 Å². The normalized spacial score (nSPS) is 30.0. The second kappa shape index (κ2) is 5.54. The van der Waals surface area contributed by atoms with E-state index >= 15 is 0 Å². The standard InChI is InChI=1S/C15H19F2NO3S/c16-12-5-4-11(9-13(12)17)22(20,21)18-8-2-7-15(10-18)6-1-3-14(15)19/h4-5,9,14,19H,1-3,6-8,10H2/t14-,15+/m1/s1. The largest absolute Gasteiger partial charge is 0.392 e. The molecule has 1 aliphatic carbocycles. The van der Waals surface area contributed by atoms with Crippen LogP contribution < -0.4 is 0 Å². The van der Waals surface area contributed by atoms with Gasteiger partial charge in [-0.2, -0.15) is 4.31 Å². The number of rotatable bonds is 2. The van der Waals surface area contributed by atoms with Gasteiger partial charge in [0.2, 0.25) is 10.0 Å². The number of nitrogens with zero attached hydrogens (tertiary/aromatic N) is 1. The third-order valence-corrected chi connectivity index (χ3v) is 6.80. The minimum atomic E-state index is -3.87. The zero-order chi connectivity index (χ0) is 16.0. The number of sulfonamides is 1. The van der Waals surface area contributed by atoms with Crippen molar-refractivity contribution in [3.05, 3.63) is 29.8 Å². The van der Waals surface area contributed by atoms with Crippen molar-refractivity contribution in [3.63, 3.8) is 0 Å². The van der Waals surface area contributed by atoms with Crippen LogP contribution in [0, 0.1) is 17.0 Å². The lowest BCUT2D eigenvalue weighted by atomic mass is 9.77. The van der Waals surface area contributed by atoms with E-state index in [1.54, 1.807) is 0 Å². The lowest BCUT2D eigenvalue weighted by Gasteiger charge is -2.41. The highest BCUT2D eigenvalue weighted by Gasteiger charge is 2.47. The smallest absolute Gasteiger partial charge is 0.243 e. The van der Waals surface area contributed by atoms with Crippen molar-refractivity contribution in [2.24, 2.45) is 5.41 Å². The van der Waals surface area contributed by atoms with Crippen molar-refractivity contribution in [2.45, 2.75) is 43.1 Å². The third kappa shape index (κ3) is 2.55. The van der Waals surface area contributed by atoms with Gasteiger partial charge in [0.1, 0.15) is 0 Å². The van der Waals surface area contributed by atoms with Gasteiger partial charge in [-0.3, -0.25) is 0 Å². The van der Waals surface area contributed by atoms with Crippen molar-refractivity contribution < 1.29 is 22.3 Å². The second-order valence-corrected chi connectivity index (χ2v) is 8.23. The number of aliphatic hydroxyl groups excluding tert-OH is 1. The second-order valence-electron chi connectivity index (χ2n) is 6.29. The summed E-state index contributed by atoms with van der Waals surface area (Å²) < 4.78 is 52.9.